The van der Waals surface area contributed by atoms with E-state index in [0.29, 0.717) is 12.0 Å². The molecule has 3 N–H and O–H groups in total. The molecule has 1 aliphatic rings. The lowest BCUT2D eigenvalue weighted by Gasteiger charge is -2.32. The maximum Gasteiger partial charge on any atom is 0.223 e. The maximum atomic E-state index is 11.9. The average molecular weight is 226 g/mol. The Labute approximate surface area is 99.2 Å². The van der Waals surface area contributed by atoms with E-state index in [1.165, 1.54) is 6.42 Å². The average Bonchev–Trinajstić information content (AvgIpc) is 2.24. The van der Waals surface area contributed by atoms with Gasteiger partial charge in [-0.1, -0.05) is 26.7 Å². The van der Waals surface area contributed by atoms with E-state index < -0.39 is 0 Å². The number of unbranched alkanes of at least 4 members (excludes halogenated alkanes) is 1. The Bertz CT molecular complexity index is 212. The summed E-state index contributed by atoms with van der Waals surface area (Å²) in [6, 6.07) is 0.379. The number of hydrogen-bond acceptors (Lipinski definition) is 2. The molecule has 0 heterocycles. The van der Waals surface area contributed by atoms with Gasteiger partial charge in [-0.25, -0.2) is 0 Å². The van der Waals surface area contributed by atoms with Crippen molar-refractivity contribution < 1.29 is 4.79 Å². The number of hydrogen-bond donors (Lipinski definition) is 2. The minimum atomic E-state index is 0.216. The molecule has 3 nitrogen and oxygen atoms in total. The van der Waals surface area contributed by atoms with Crippen LogP contribution >= 0.6 is 0 Å². The molecule has 1 aliphatic carbocycles. The lowest BCUT2D eigenvalue weighted by atomic mass is 9.81. The number of rotatable bonds is 7. The van der Waals surface area contributed by atoms with Gasteiger partial charge < -0.3 is 11.1 Å². The number of amides is 1. The molecule has 1 unspecified atom stereocenters. The van der Waals surface area contributed by atoms with Crippen LogP contribution in [0, 0.1) is 11.8 Å². The fourth-order valence-corrected chi connectivity index (χ4v) is 2.31. The SMILES string of the molecule is CCCCC(CC)C(=O)NCC1CC(N)C1. The summed E-state index contributed by atoms with van der Waals surface area (Å²) >= 11 is 0. The van der Waals surface area contributed by atoms with Gasteiger partial charge >= 0.3 is 0 Å². The zero-order valence-electron chi connectivity index (χ0n) is 10.7. The van der Waals surface area contributed by atoms with Gasteiger partial charge in [0.05, 0.1) is 0 Å². The van der Waals surface area contributed by atoms with Crippen molar-refractivity contribution in [1.29, 1.82) is 0 Å². The molecular weight excluding hydrogens is 200 g/mol. The first-order chi connectivity index (χ1) is 7.67. The van der Waals surface area contributed by atoms with Crippen molar-refractivity contribution >= 4 is 5.91 Å². The Morgan fingerprint density at radius 2 is 2.12 bits per heavy atom. The minimum absolute atomic E-state index is 0.216. The lowest BCUT2D eigenvalue weighted by Crippen LogP contribution is -2.43. The van der Waals surface area contributed by atoms with E-state index >= 15 is 0 Å². The fraction of sp³-hybridized carbons (Fsp3) is 0.923. The molecule has 1 amide bonds. The smallest absolute Gasteiger partial charge is 0.223 e. The zero-order chi connectivity index (χ0) is 12.0. The van der Waals surface area contributed by atoms with Gasteiger partial charge in [0.15, 0.2) is 0 Å². The van der Waals surface area contributed by atoms with Crippen molar-refractivity contribution in [2.24, 2.45) is 17.6 Å². The van der Waals surface area contributed by atoms with Crippen LogP contribution in [0.15, 0.2) is 0 Å². The van der Waals surface area contributed by atoms with E-state index in [1.807, 2.05) is 0 Å². The van der Waals surface area contributed by atoms with E-state index in [9.17, 15) is 4.79 Å². The number of nitrogens with two attached hydrogens (primary N) is 1. The molecule has 0 aromatic heterocycles. The Morgan fingerprint density at radius 3 is 2.62 bits per heavy atom. The molecule has 0 spiro atoms. The molecule has 0 aliphatic heterocycles. The Hall–Kier alpha value is -0.570. The van der Waals surface area contributed by atoms with Gasteiger partial charge in [-0.2, -0.15) is 0 Å². The van der Waals surface area contributed by atoms with Crippen LogP contribution in [0.5, 0.6) is 0 Å². The van der Waals surface area contributed by atoms with Crippen LogP contribution in [-0.2, 0) is 4.79 Å². The molecule has 3 heteroatoms. The van der Waals surface area contributed by atoms with Crippen molar-refractivity contribution in [3.05, 3.63) is 0 Å². The van der Waals surface area contributed by atoms with Gasteiger partial charge in [-0.3, -0.25) is 4.79 Å². The number of carbonyl (C=O) groups excluding carboxylic acids is 1. The summed E-state index contributed by atoms with van der Waals surface area (Å²) in [4.78, 5) is 11.9. The van der Waals surface area contributed by atoms with Gasteiger partial charge in [0.25, 0.3) is 0 Å². The predicted molar refractivity (Wildman–Crippen MR) is 67.0 cm³/mol. The van der Waals surface area contributed by atoms with Gasteiger partial charge in [0.2, 0.25) is 5.91 Å². The predicted octanol–water partition coefficient (Wildman–Crippen LogP) is 2.06. The molecule has 1 atom stereocenters. The fourth-order valence-electron chi connectivity index (χ4n) is 2.31. The molecular formula is C13H26N2O. The van der Waals surface area contributed by atoms with Gasteiger partial charge in [-0.15, -0.1) is 0 Å². The normalized spacial score (nSPS) is 25.9. The first-order valence-corrected chi connectivity index (χ1v) is 6.70. The Balaban J connectivity index is 2.16. The van der Waals surface area contributed by atoms with Crippen LogP contribution in [0.4, 0.5) is 0 Å². The molecule has 1 fully saturated rings. The standard InChI is InChI=1S/C13H26N2O/c1-3-5-6-11(4-2)13(16)15-9-10-7-12(14)8-10/h10-12H,3-9,14H2,1-2H3,(H,15,16). The van der Waals surface area contributed by atoms with Crippen molar-refractivity contribution in [1.82, 2.24) is 5.32 Å². The molecule has 94 valence electrons. The molecule has 1 saturated carbocycles. The molecule has 0 aromatic rings. The second kappa shape index (κ2) is 6.89. The van der Waals surface area contributed by atoms with E-state index in [0.717, 1.165) is 38.6 Å². The van der Waals surface area contributed by atoms with E-state index in [-0.39, 0.29) is 11.8 Å². The Morgan fingerprint density at radius 1 is 1.44 bits per heavy atom. The van der Waals surface area contributed by atoms with Crippen LogP contribution in [-0.4, -0.2) is 18.5 Å². The molecule has 16 heavy (non-hydrogen) atoms. The summed E-state index contributed by atoms with van der Waals surface area (Å²) in [6.45, 7) is 5.09. The summed E-state index contributed by atoms with van der Waals surface area (Å²) in [6.07, 6.45) is 6.46. The maximum absolute atomic E-state index is 11.9. The quantitative estimate of drug-likeness (QED) is 0.698. The van der Waals surface area contributed by atoms with Gasteiger partial charge in [0, 0.05) is 18.5 Å². The van der Waals surface area contributed by atoms with Crippen LogP contribution in [0.1, 0.15) is 52.4 Å². The zero-order valence-corrected chi connectivity index (χ0v) is 10.7. The Kier molecular flexibility index (Phi) is 5.81. The highest BCUT2D eigenvalue weighted by atomic mass is 16.1. The van der Waals surface area contributed by atoms with Crippen molar-refractivity contribution in [3.63, 3.8) is 0 Å². The highest BCUT2D eigenvalue weighted by Gasteiger charge is 2.26. The summed E-state index contributed by atoms with van der Waals surface area (Å²) in [7, 11) is 0. The molecule has 1 rings (SSSR count). The van der Waals surface area contributed by atoms with Crippen LogP contribution in [0.3, 0.4) is 0 Å². The van der Waals surface area contributed by atoms with Crippen LogP contribution in [0.25, 0.3) is 0 Å². The van der Waals surface area contributed by atoms with Crippen molar-refractivity contribution in [2.45, 2.75) is 58.4 Å². The third kappa shape index (κ3) is 4.12. The van der Waals surface area contributed by atoms with Crippen LogP contribution < -0.4 is 11.1 Å². The first kappa shape index (κ1) is 13.5. The summed E-state index contributed by atoms with van der Waals surface area (Å²) in [5.41, 5.74) is 5.71. The van der Waals surface area contributed by atoms with Crippen LogP contribution in [0.2, 0.25) is 0 Å². The summed E-state index contributed by atoms with van der Waals surface area (Å²) < 4.78 is 0. The second-order valence-electron chi connectivity index (χ2n) is 5.09. The topological polar surface area (TPSA) is 55.1 Å². The summed E-state index contributed by atoms with van der Waals surface area (Å²) in [5, 5.41) is 3.07. The highest BCUT2D eigenvalue weighted by molar-refractivity contribution is 5.78. The van der Waals surface area contributed by atoms with Crippen molar-refractivity contribution in [3.8, 4) is 0 Å². The van der Waals surface area contributed by atoms with Gasteiger partial charge in [0.1, 0.15) is 0 Å². The summed E-state index contributed by atoms with van der Waals surface area (Å²) in [5.74, 6) is 1.09. The number of nitrogens with one attached hydrogen (secondary N) is 1. The monoisotopic (exact) mass is 226 g/mol. The molecule has 0 radical (unpaired) electrons. The molecule has 0 aromatic carbocycles. The lowest BCUT2D eigenvalue weighted by molar-refractivity contribution is -0.125. The molecule has 0 saturated heterocycles. The van der Waals surface area contributed by atoms with Gasteiger partial charge in [-0.05, 0) is 31.6 Å². The van der Waals surface area contributed by atoms with E-state index in [2.05, 4.69) is 19.2 Å². The van der Waals surface area contributed by atoms with E-state index in [1.54, 1.807) is 0 Å². The third-order valence-corrected chi connectivity index (χ3v) is 3.61. The number of carbonyl (C=O) groups is 1. The largest absolute Gasteiger partial charge is 0.356 e. The third-order valence-electron chi connectivity index (χ3n) is 3.61. The first-order valence-electron chi connectivity index (χ1n) is 6.70. The second-order valence-corrected chi connectivity index (χ2v) is 5.09. The minimum Gasteiger partial charge on any atom is -0.356 e. The molecule has 0 bridgehead atoms. The van der Waals surface area contributed by atoms with Crippen molar-refractivity contribution in [2.75, 3.05) is 6.54 Å². The van der Waals surface area contributed by atoms with E-state index in [4.69, 9.17) is 5.73 Å². The highest BCUT2D eigenvalue weighted by Crippen LogP contribution is 2.24.